The van der Waals surface area contributed by atoms with Gasteiger partial charge in [-0.2, -0.15) is 0 Å². The van der Waals surface area contributed by atoms with Gasteiger partial charge in [0.1, 0.15) is 12.0 Å². The summed E-state index contributed by atoms with van der Waals surface area (Å²) in [5.74, 6) is 5.52. The topological polar surface area (TPSA) is 71.5 Å². The van der Waals surface area contributed by atoms with Crippen molar-refractivity contribution in [2.45, 2.75) is 33.0 Å². The van der Waals surface area contributed by atoms with Crippen molar-refractivity contribution in [3.8, 4) is 0 Å². The average Bonchev–Trinajstić information content (AvgIpc) is 3.08. The lowest BCUT2D eigenvalue weighted by Crippen LogP contribution is -2.30. The van der Waals surface area contributed by atoms with E-state index in [1.54, 1.807) is 17.4 Å². The van der Waals surface area contributed by atoms with Crippen LogP contribution in [0.25, 0.3) is 0 Å². The Morgan fingerprint density at radius 3 is 2.90 bits per heavy atom. The fraction of sp³-hybridized carbons (Fsp3) is 0.357. The van der Waals surface area contributed by atoms with Crippen LogP contribution in [0.2, 0.25) is 0 Å². The molecule has 0 aromatic carbocycles. The molecule has 0 atom stereocenters. The van der Waals surface area contributed by atoms with Crippen LogP contribution in [-0.4, -0.2) is 16.8 Å². The number of carbonyl (C=O) groups is 1. The monoisotopic (exact) mass is 293 g/mol. The number of nitrogen functional groups attached to an aromatic ring is 1. The van der Waals surface area contributed by atoms with Gasteiger partial charge in [-0.25, -0.2) is 5.84 Å². The maximum absolute atomic E-state index is 11.4. The Kier molecular flexibility index (Phi) is 4.94. The van der Waals surface area contributed by atoms with E-state index >= 15 is 0 Å². The fourth-order valence-corrected chi connectivity index (χ4v) is 2.62. The quantitative estimate of drug-likeness (QED) is 0.487. The molecule has 0 fully saturated rings. The Balaban J connectivity index is 2.04. The van der Waals surface area contributed by atoms with Gasteiger partial charge in [0.15, 0.2) is 0 Å². The number of nitrogens with one attached hydrogen (secondary N) is 1. The van der Waals surface area contributed by atoms with Gasteiger partial charge in [-0.15, -0.1) is 11.3 Å². The molecule has 6 heteroatoms. The van der Waals surface area contributed by atoms with E-state index in [9.17, 15) is 4.79 Å². The van der Waals surface area contributed by atoms with Crippen LogP contribution in [0.15, 0.2) is 34.3 Å². The third-order valence-electron chi connectivity index (χ3n) is 3.08. The highest BCUT2D eigenvalue weighted by Gasteiger charge is 2.15. The summed E-state index contributed by atoms with van der Waals surface area (Å²) in [5, 5.41) is 2.07. The van der Waals surface area contributed by atoms with Gasteiger partial charge in [-0.1, -0.05) is 6.07 Å². The highest BCUT2D eigenvalue weighted by atomic mass is 32.1. The third-order valence-corrected chi connectivity index (χ3v) is 3.94. The van der Waals surface area contributed by atoms with E-state index in [2.05, 4.69) is 41.7 Å². The van der Waals surface area contributed by atoms with Gasteiger partial charge in [0, 0.05) is 17.5 Å². The summed E-state index contributed by atoms with van der Waals surface area (Å²) in [4.78, 5) is 15.0. The predicted octanol–water partition coefficient (Wildman–Crippen LogP) is 2.36. The van der Waals surface area contributed by atoms with Crippen molar-refractivity contribution < 1.29 is 9.21 Å². The van der Waals surface area contributed by atoms with Crippen molar-refractivity contribution >= 4 is 17.2 Å². The SMILES string of the molecule is CC(C)N(Cc1cc(C(=O)NN)co1)Cc1cccs1. The Morgan fingerprint density at radius 2 is 2.30 bits per heavy atom. The highest BCUT2D eigenvalue weighted by Crippen LogP contribution is 2.18. The number of rotatable bonds is 6. The zero-order chi connectivity index (χ0) is 14.5. The summed E-state index contributed by atoms with van der Waals surface area (Å²) in [6.45, 7) is 5.82. The van der Waals surface area contributed by atoms with Crippen LogP contribution in [0, 0.1) is 0 Å². The van der Waals surface area contributed by atoms with Crippen molar-refractivity contribution in [3.63, 3.8) is 0 Å². The molecule has 0 unspecified atom stereocenters. The summed E-state index contributed by atoms with van der Waals surface area (Å²) >= 11 is 1.74. The van der Waals surface area contributed by atoms with Crippen molar-refractivity contribution in [3.05, 3.63) is 46.0 Å². The average molecular weight is 293 g/mol. The summed E-state index contributed by atoms with van der Waals surface area (Å²) in [5.41, 5.74) is 2.54. The zero-order valence-corrected chi connectivity index (χ0v) is 12.4. The Morgan fingerprint density at radius 1 is 1.50 bits per heavy atom. The second kappa shape index (κ2) is 6.69. The maximum atomic E-state index is 11.4. The number of carbonyl (C=O) groups excluding carboxylic acids is 1. The Bertz CT molecular complexity index is 549. The van der Waals surface area contributed by atoms with Crippen LogP contribution >= 0.6 is 11.3 Å². The predicted molar refractivity (Wildman–Crippen MR) is 79.1 cm³/mol. The number of hydrogen-bond donors (Lipinski definition) is 2. The van der Waals surface area contributed by atoms with E-state index in [1.807, 2.05) is 0 Å². The number of hydrazine groups is 1. The largest absolute Gasteiger partial charge is 0.467 e. The molecule has 0 saturated heterocycles. The van der Waals surface area contributed by atoms with Crippen LogP contribution in [0.3, 0.4) is 0 Å². The first kappa shape index (κ1) is 14.8. The Labute approximate surface area is 122 Å². The molecule has 0 aliphatic rings. The lowest BCUT2D eigenvalue weighted by atomic mass is 10.2. The molecule has 5 nitrogen and oxygen atoms in total. The van der Waals surface area contributed by atoms with Gasteiger partial charge in [0.2, 0.25) is 0 Å². The van der Waals surface area contributed by atoms with Gasteiger partial charge in [-0.3, -0.25) is 15.1 Å². The molecule has 2 heterocycles. The van der Waals surface area contributed by atoms with E-state index in [0.717, 1.165) is 12.3 Å². The molecule has 0 aliphatic carbocycles. The number of nitrogens with two attached hydrogens (primary N) is 1. The first-order valence-electron chi connectivity index (χ1n) is 6.45. The summed E-state index contributed by atoms with van der Waals surface area (Å²) < 4.78 is 5.43. The molecular formula is C14H19N3O2S. The molecule has 0 bridgehead atoms. The highest BCUT2D eigenvalue weighted by molar-refractivity contribution is 7.09. The summed E-state index contributed by atoms with van der Waals surface area (Å²) in [6.07, 6.45) is 1.43. The first-order valence-corrected chi connectivity index (χ1v) is 7.33. The van der Waals surface area contributed by atoms with Crippen molar-refractivity contribution in [1.29, 1.82) is 0 Å². The van der Waals surface area contributed by atoms with Crippen LogP contribution in [0.1, 0.15) is 34.8 Å². The number of thiophene rings is 1. The second-order valence-corrected chi connectivity index (χ2v) is 5.89. The molecule has 20 heavy (non-hydrogen) atoms. The Hall–Kier alpha value is -1.63. The number of hydrogen-bond acceptors (Lipinski definition) is 5. The minimum atomic E-state index is -0.339. The lowest BCUT2D eigenvalue weighted by molar-refractivity contribution is 0.0953. The minimum Gasteiger partial charge on any atom is -0.467 e. The molecular weight excluding hydrogens is 274 g/mol. The number of amides is 1. The standard InChI is InChI=1S/C14H19N3O2S/c1-10(2)17(8-13-4-3-5-20-13)7-12-6-11(9-19-12)14(18)16-15/h3-6,9-10H,7-8,15H2,1-2H3,(H,16,18). The van der Waals surface area contributed by atoms with E-state index in [-0.39, 0.29) is 5.91 Å². The molecule has 108 valence electrons. The number of furan rings is 1. The van der Waals surface area contributed by atoms with Gasteiger partial charge in [-0.05, 0) is 31.4 Å². The van der Waals surface area contributed by atoms with Crippen LogP contribution in [0.5, 0.6) is 0 Å². The van der Waals surface area contributed by atoms with Crippen LogP contribution in [-0.2, 0) is 13.1 Å². The van der Waals surface area contributed by atoms with E-state index in [1.165, 1.54) is 11.1 Å². The van der Waals surface area contributed by atoms with Crippen molar-refractivity contribution in [2.75, 3.05) is 0 Å². The summed E-state index contributed by atoms with van der Waals surface area (Å²) in [6, 6.07) is 6.28. The first-order chi connectivity index (χ1) is 9.60. The van der Waals surface area contributed by atoms with Crippen LogP contribution in [0.4, 0.5) is 0 Å². The lowest BCUT2D eigenvalue weighted by Gasteiger charge is -2.24. The normalized spacial score (nSPS) is 11.2. The smallest absolute Gasteiger partial charge is 0.268 e. The molecule has 0 saturated carbocycles. The summed E-state index contributed by atoms with van der Waals surface area (Å²) in [7, 11) is 0. The molecule has 0 aliphatic heterocycles. The number of nitrogens with zero attached hydrogens (tertiary/aromatic N) is 1. The van der Waals surface area contributed by atoms with Gasteiger partial charge >= 0.3 is 0 Å². The molecule has 2 aromatic heterocycles. The third kappa shape index (κ3) is 3.69. The fourth-order valence-electron chi connectivity index (χ4n) is 1.89. The van der Waals surface area contributed by atoms with Crippen LogP contribution < -0.4 is 11.3 Å². The van der Waals surface area contributed by atoms with E-state index < -0.39 is 0 Å². The van der Waals surface area contributed by atoms with Gasteiger partial charge in [0.25, 0.3) is 5.91 Å². The molecule has 0 radical (unpaired) electrons. The van der Waals surface area contributed by atoms with Gasteiger partial charge < -0.3 is 4.42 Å². The molecule has 0 spiro atoms. The molecule has 2 aromatic rings. The molecule has 1 amide bonds. The van der Waals surface area contributed by atoms with Gasteiger partial charge in [0.05, 0.1) is 12.1 Å². The minimum absolute atomic E-state index is 0.339. The molecule has 3 N–H and O–H groups in total. The van der Waals surface area contributed by atoms with E-state index in [4.69, 9.17) is 10.3 Å². The second-order valence-electron chi connectivity index (χ2n) is 4.85. The van der Waals surface area contributed by atoms with Crippen molar-refractivity contribution in [2.24, 2.45) is 5.84 Å². The maximum Gasteiger partial charge on any atom is 0.268 e. The zero-order valence-electron chi connectivity index (χ0n) is 11.6. The van der Waals surface area contributed by atoms with E-state index in [0.29, 0.717) is 18.2 Å². The van der Waals surface area contributed by atoms with Crippen molar-refractivity contribution in [1.82, 2.24) is 10.3 Å². The molecule has 2 rings (SSSR count).